The molecule has 0 aliphatic rings. The maximum Gasteiger partial charge on any atom is 0.0959 e. The van der Waals surface area contributed by atoms with E-state index in [1.165, 1.54) is 5.56 Å². The highest BCUT2D eigenvalue weighted by Gasteiger charge is 1.93. The van der Waals surface area contributed by atoms with E-state index in [1.54, 1.807) is 11.8 Å². The van der Waals surface area contributed by atoms with Gasteiger partial charge in [-0.3, -0.25) is 0 Å². The van der Waals surface area contributed by atoms with Crippen molar-refractivity contribution < 1.29 is 0 Å². The summed E-state index contributed by atoms with van der Waals surface area (Å²) in [5.74, 6) is 1.08. The van der Waals surface area contributed by atoms with Crippen molar-refractivity contribution in [2.75, 3.05) is 5.75 Å². The van der Waals surface area contributed by atoms with Crippen molar-refractivity contribution in [3.63, 3.8) is 0 Å². The zero-order chi connectivity index (χ0) is 9.52. The second-order valence-electron chi connectivity index (χ2n) is 2.71. The SMILES string of the molecule is CC=CCc1ccc(SCC)nc1. The van der Waals surface area contributed by atoms with Crippen LogP contribution in [0.5, 0.6) is 0 Å². The molecule has 0 fully saturated rings. The van der Waals surface area contributed by atoms with Crippen LogP contribution in [-0.2, 0) is 6.42 Å². The molecule has 0 atom stereocenters. The lowest BCUT2D eigenvalue weighted by molar-refractivity contribution is 1.08. The fourth-order valence-electron chi connectivity index (χ4n) is 1.02. The van der Waals surface area contributed by atoms with Crippen LogP contribution in [0, 0.1) is 0 Å². The van der Waals surface area contributed by atoms with E-state index in [0.717, 1.165) is 17.2 Å². The smallest absolute Gasteiger partial charge is 0.0959 e. The summed E-state index contributed by atoms with van der Waals surface area (Å²) in [6, 6.07) is 4.23. The maximum atomic E-state index is 4.35. The molecule has 0 radical (unpaired) electrons. The van der Waals surface area contributed by atoms with Crippen LogP contribution >= 0.6 is 11.8 Å². The first-order valence-corrected chi connectivity index (χ1v) is 5.54. The van der Waals surface area contributed by atoms with Crippen molar-refractivity contribution in [3.8, 4) is 0 Å². The monoisotopic (exact) mass is 193 g/mol. The van der Waals surface area contributed by atoms with Crippen molar-refractivity contribution in [3.05, 3.63) is 36.0 Å². The van der Waals surface area contributed by atoms with Gasteiger partial charge in [0, 0.05) is 6.20 Å². The highest BCUT2D eigenvalue weighted by Crippen LogP contribution is 2.14. The topological polar surface area (TPSA) is 12.9 Å². The lowest BCUT2D eigenvalue weighted by Gasteiger charge is -1.98. The summed E-state index contributed by atoms with van der Waals surface area (Å²) < 4.78 is 0. The fourth-order valence-corrected chi connectivity index (χ4v) is 1.61. The van der Waals surface area contributed by atoms with Crippen LogP contribution in [0.25, 0.3) is 0 Å². The molecule has 0 N–H and O–H groups in total. The molecule has 0 spiro atoms. The van der Waals surface area contributed by atoms with E-state index >= 15 is 0 Å². The van der Waals surface area contributed by atoms with E-state index in [-0.39, 0.29) is 0 Å². The molecule has 13 heavy (non-hydrogen) atoms. The molecule has 0 bridgehead atoms. The standard InChI is InChI=1S/C11H15NS/c1-3-5-6-10-7-8-11(12-9-10)13-4-2/h3,5,7-9H,4,6H2,1-2H3. The quantitative estimate of drug-likeness (QED) is 0.537. The Morgan fingerprint density at radius 3 is 2.85 bits per heavy atom. The van der Waals surface area contributed by atoms with Gasteiger partial charge < -0.3 is 0 Å². The van der Waals surface area contributed by atoms with Crippen LogP contribution < -0.4 is 0 Å². The largest absolute Gasteiger partial charge is 0.250 e. The Bertz CT molecular complexity index is 264. The summed E-state index contributed by atoms with van der Waals surface area (Å²) in [4.78, 5) is 4.35. The van der Waals surface area contributed by atoms with Crippen molar-refractivity contribution in [1.82, 2.24) is 4.98 Å². The van der Waals surface area contributed by atoms with Crippen LogP contribution in [0.15, 0.2) is 35.5 Å². The molecule has 1 aromatic rings. The Hall–Kier alpha value is -0.760. The maximum absolute atomic E-state index is 4.35. The lowest BCUT2D eigenvalue weighted by atomic mass is 10.2. The summed E-state index contributed by atoms with van der Waals surface area (Å²) in [7, 11) is 0. The van der Waals surface area contributed by atoms with Crippen molar-refractivity contribution in [2.45, 2.75) is 25.3 Å². The Kier molecular flexibility index (Phi) is 4.61. The van der Waals surface area contributed by atoms with E-state index in [1.807, 2.05) is 13.1 Å². The third-order valence-electron chi connectivity index (χ3n) is 1.68. The van der Waals surface area contributed by atoms with Crippen LogP contribution in [0.2, 0.25) is 0 Å². The van der Waals surface area contributed by atoms with Gasteiger partial charge in [0.15, 0.2) is 0 Å². The molecular weight excluding hydrogens is 178 g/mol. The molecule has 0 aromatic carbocycles. The van der Waals surface area contributed by atoms with Gasteiger partial charge in [-0.05, 0) is 30.7 Å². The first kappa shape index (κ1) is 10.3. The first-order valence-electron chi connectivity index (χ1n) is 4.55. The highest BCUT2D eigenvalue weighted by atomic mass is 32.2. The minimum Gasteiger partial charge on any atom is -0.250 e. The van der Waals surface area contributed by atoms with Gasteiger partial charge in [0.25, 0.3) is 0 Å². The van der Waals surface area contributed by atoms with Gasteiger partial charge in [-0.2, -0.15) is 0 Å². The van der Waals surface area contributed by atoms with Crippen molar-refractivity contribution in [2.24, 2.45) is 0 Å². The number of rotatable bonds is 4. The van der Waals surface area contributed by atoms with Gasteiger partial charge in [0.1, 0.15) is 0 Å². The summed E-state index contributed by atoms with van der Waals surface area (Å²) >= 11 is 1.78. The predicted octanol–water partition coefficient (Wildman–Crippen LogP) is 3.31. The molecule has 0 unspecified atom stereocenters. The molecular formula is C11H15NS. The number of hydrogen-bond acceptors (Lipinski definition) is 2. The zero-order valence-corrected chi connectivity index (χ0v) is 8.97. The minimum absolute atomic E-state index is 0.987. The molecule has 0 aliphatic carbocycles. The average Bonchev–Trinajstić information content (AvgIpc) is 2.17. The Balaban J connectivity index is 2.58. The molecule has 1 aromatic heterocycles. The Labute approximate surface area is 84.3 Å². The van der Waals surface area contributed by atoms with E-state index in [4.69, 9.17) is 0 Å². The van der Waals surface area contributed by atoms with Crippen LogP contribution in [0.1, 0.15) is 19.4 Å². The van der Waals surface area contributed by atoms with Crippen LogP contribution in [-0.4, -0.2) is 10.7 Å². The lowest BCUT2D eigenvalue weighted by Crippen LogP contribution is -1.85. The van der Waals surface area contributed by atoms with Gasteiger partial charge in [0.05, 0.1) is 5.03 Å². The van der Waals surface area contributed by atoms with Crippen molar-refractivity contribution >= 4 is 11.8 Å². The zero-order valence-electron chi connectivity index (χ0n) is 8.16. The first-order chi connectivity index (χ1) is 6.36. The molecule has 1 rings (SSSR count). The van der Waals surface area contributed by atoms with Gasteiger partial charge in [-0.25, -0.2) is 4.98 Å². The van der Waals surface area contributed by atoms with E-state index in [9.17, 15) is 0 Å². The van der Waals surface area contributed by atoms with E-state index in [0.29, 0.717) is 0 Å². The molecule has 0 amide bonds. The molecule has 0 aliphatic heterocycles. The Morgan fingerprint density at radius 2 is 2.31 bits per heavy atom. The summed E-state index contributed by atoms with van der Waals surface area (Å²) in [6.45, 7) is 4.18. The second kappa shape index (κ2) is 5.81. The average molecular weight is 193 g/mol. The molecule has 0 saturated carbocycles. The molecule has 1 heterocycles. The number of allylic oxidation sites excluding steroid dienone is 2. The van der Waals surface area contributed by atoms with Crippen molar-refractivity contribution in [1.29, 1.82) is 0 Å². The molecule has 2 heteroatoms. The summed E-state index contributed by atoms with van der Waals surface area (Å²) in [5, 5.41) is 1.12. The summed E-state index contributed by atoms with van der Waals surface area (Å²) in [6.07, 6.45) is 7.15. The normalized spacial score (nSPS) is 10.9. The van der Waals surface area contributed by atoms with Gasteiger partial charge in [-0.1, -0.05) is 25.1 Å². The van der Waals surface area contributed by atoms with E-state index < -0.39 is 0 Å². The molecule has 1 nitrogen and oxygen atoms in total. The molecule has 0 saturated heterocycles. The Morgan fingerprint density at radius 1 is 1.46 bits per heavy atom. The number of hydrogen-bond donors (Lipinski definition) is 0. The highest BCUT2D eigenvalue weighted by molar-refractivity contribution is 7.99. The van der Waals surface area contributed by atoms with Gasteiger partial charge >= 0.3 is 0 Å². The third-order valence-corrected chi connectivity index (χ3v) is 2.51. The summed E-state index contributed by atoms with van der Waals surface area (Å²) in [5.41, 5.74) is 1.28. The predicted molar refractivity (Wildman–Crippen MR) is 59.2 cm³/mol. The number of aromatic nitrogens is 1. The number of nitrogens with zero attached hydrogens (tertiary/aromatic N) is 1. The third kappa shape index (κ3) is 3.64. The van der Waals surface area contributed by atoms with Gasteiger partial charge in [-0.15, -0.1) is 11.8 Å². The van der Waals surface area contributed by atoms with Crippen LogP contribution in [0.4, 0.5) is 0 Å². The van der Waals surface area contributed by atoms with E-state index in [2.05, 4.69) is 36.2 Å². The van der Waals surface area contributed by atoms with Gasteiger partial charge in [0.2, 0.25) is 0 Å². The number of pyridine rings is 1. The second-order valence-corrected chi connectivity index (χ2v) is 4.00. The fraction of sp³-hybridized carbons (Fsp3) is 0.364. The number of thioether (sulfide) groups is 1. The van der Waals surface area contributed by atoms with Crippen LogP contribution in [0.3, 0.4) is 0 Å². The minimum atomic E-state index is 0.987. The molecule has 70 valence electrons.